The van der Waals surface area contributed by atoms with Gasteiger partial charge in [0.2, 0.25) is 5.95 Å². The fourth-order valence-electron chi connectivity index (χ4n) is 2.92. The smallest absolute Gasteiger partial charge is 0.229 e. The molecular weight excluding hydrogens is 324 g/mol. The van der Waals surface area contributed by atoms with Crippen LogP contribution in [0.3, 0.4) is 0 Å². The molecule has 2 heterocycles. The first-order valence-electron chi connectivity index (χ1n) is 8.26. The number of benzene rings is 1. The van der Waals surface area contributed by atoms with Gasteiger partial charge in [-0.05, 0) is 50.8 Å². The topological polar surface area (TPSA) is 59.1 Å². The van der Waals surface area contributed by atoms with Crippen LogP contribution in [0.15, 0.2) is 18.2 Å². The molecule has 0 radical (unpaired) electrons. The molecule has 1 aromatic carbocycles. The average molecular weight is 347 g/mol. The monoisotopic (exact) mass is 346 g/mol. The van der Waals surface area contributed by atoms with Crippen molar-refractivity contribution < 1.29 is 4.74 Å². The summed E-state index contributed by atoms with van der Waals surface area (Å²) in [4.78, 5) is 9.01. The van der Waals surface area contributed by atoms with Gasteiger partial charge in [-0.3, -0.25) is 0 Å². The van der Waals surface area contributed by atoms with E-state index in [0.29, 0.717) is 11.0 Å². The number of nitrogens with one attached hydrogen (secondary N) is 2. The normalized spacial score (nSPS) is 17.1. The number of hydrogen-bond acceptors (Lipinski definition) is 5. The van der Waals surface area contributed by atoms with Crippen molar-refractivity contribution >= 4 is 29.1 Å². The summed E-state index contributed by atoms with van der Waals surface area (Å²) in [6, 6.07) is 5.95. The standard InChI is InChI=1S/C18H23ClN4O/c1-11-7-12(2)17(15(19)8-11)23-18-21-13(3)9-16(22-18)20-10-14-5-4-6-24-14/h7-9,14H,4-6,10H2,1-3H3,(H2,20,21,22,23). The molecule has 1 unspecified atom stereocenters. The highest BCUT2D eigenvalue weighted by atomic mass is 35.5. The molecule has 5 nitrogen and oxygen atoms in total. The number of halogens is 1. The second-order valence-electron chi connectivity index (χ2n) is 6.30. The molecule has 1 aliphatic rings. The summed E-state index contributed by atoms with van der Waals surface area (Å²) < 4.78 is 5.63. The van der Waals surface area contributed by atoms with Crippen molar-refractivity contribution in [3.8, 4) is 0 Å². The highest BCUT2D eigenvalue weighted by Crippen LogP contribution is 2.29. The highest BCUT2D eigenvalue weighted by Gasteiger charge is 2.15. The summed E-state index contributed by atoms with van der Waals surface area (Å²) in [7, 11) is 0. The second kappa shape index (κ2) is 7.36. The van der Waals surface area contributed by atoms with Gasteiger partial charge >= 0.3 is 0 Å². The molecule has 0 spiro atoms. The van der Waals surface area contributed by atoms with Crippen LogP contribution in [-0.2, 0) is 4.74 Å². The first-order chi connectivity index (χ1) is 11.5. The Kier molecular flexibility index (Phi) is 5.21. The molecule has 3 rings (SSSR count). The van der Waals surface area contributed by atoms with E-state index in [1.54, 1.807) is 0 Å². The van der Waals surface area contributed by atoms with E-state index < -0.39 is 0 Å². The summed E-state index contributed by atoms with van der Waals surface area (Å²) in [5.41, 5.74) is 3.94. The van der Waals surface area contributed by atoms with Gasteiger partial charge in [-0.1, -0.05) is 17.7 Å². The van der Waals surface area contributed by atoms with E-state index in [9.17, 15) is 0 Å². The van der Waals surface area contributed by atoms with E-state index in [1.807, 2.05) is 32.9 Å². The minimum absolute atomic E-state index is 0.269. The largest absolute Gasteiger partial charge is 0.376 e. The van der Waals surface area contributed by atoms with Crippen LogP contribution in [0.25, 0.3) is 0 Å². The van der Waals surface area contributed by atoms with Crippen LogP contribution in [-0.4, -0.2) is 29.2 Å². The van der Waals surface area contributed by atoms with Gasteiger partial charge in [0.15, 0.2) is 0 Å². The van der Waals surface area contributed by atoms with Crippen LogP contribution < -0.4 is 10.6 Å². The number of anilines is 3. The fourth-order valence-corrected chi connectivity index (χ4v) is 3.29. The molecule has 24 heavy (non-hydrogen) atoms. The zero-order chi connectivity index (χ0) is 17.1. The maximum absolute atomic E-state index is 6.36. The van der Waals surface area contributed by atoms with Crippen LogP contribution in [0.2, 0.25) is 5.02 Å². The Morgan fingerprint density at radius 1 is 1.21 bits per heavy atom. The van der Waals surface area contributed by atoms with E-state index >= 15 is 0 Å². The Morgan fingerprint density at radius 2 is 2.04 bits per heavy atom. The molecule has 128 valence electrons. The highest BCUT2D eigenvalue weighted by molar-refractivity contribution is 6.33. The van der Waals surface area contributed by atoms with Gasteiger partial charge in [0.05, 0.1) is 16.8 Å². The molecule has 2 N–H and O–H groups in total. The minimum Gasteiger partial charge on any atom is -0.376 e. The SMILES string of the molecule is Cc1cc(C)c(Nc2nc(C)cc(NCC3CCCO3)n2)c(Cl)c1. The van der Waals surface area contributed by atoms with Crippen LogP contribution in [0.4, 0.5) is 17.5 Å². The van der Waals surface area contributed by atoms with Crippen molar-refractivity contribution in [2.45, 2.75) is 39.7 Å². The van der Waals surface area contributed by atoms with E-state index in [0.717, 1.165) is 54.3 Å². The zero-order valence-corrected chi connectivity index (χ0v) is 15.1. The van der Waals surface area contributed by atoms with Crippen molar-refractivity contribution in [2.75, 3.05) is 23.8 Å². The first kappa shape index (κ1) is 17.0. The Hall–Kier alpha value is -1.85. The van der Waals surface area contributed by atoms with E-state index in [2.05, 4.69) is 26.7 Å². The summed E-state index contributed by atoms with van der Waals surface area (Å²) in [5, 5.41) is 7.27. The third-order valence-corrected chi connectivity index (χ3v) is 4.36. The lowest BCUT2D eigenvalue weighted by molar-refractivity contribution is 0.120. The Labute approximate surface area is 147 Å². The Morgan fingerprint density at radius 3 is 2.75 bits per heavy atom. The number of aryl methyl sites for hydroxylation is 3. The maximum Gasteiger partial charge on any atom is 0.229 e. The molecule has 0 saturated carbocycles. The van der Waals surface area contributed by atoms with Gasteiger partial charge in [-0.25, -0.2) is 4.98 Å². The summed E-state index contributed by atoms with van der Waals surface area (Å²) >= 11 is 6.36. The molecule has 0 aliphatic carbocycles. The molecule has 1 aromatic heterocycles. The van der Waals surface area contributed by atoms with Crippen LogP contribution >= 0.6 is 11.6 Å². The predicted molar refractivity (Wildman–Crippen MR) is 98.4 cm³/mol. The van der Waals surface area contributed by atoms with E-state index in [-0.39, 0.29) is 6.10 Å². The second-order valence-corrected chi connectivity index (χ2v) is 6.70. The molecule has 0 bridgehead atoms. The number of ether oxygens (including phenoxy) is 1. The molecule has 6 heteroatoms. The summed E-state index contributed by atoms with van der Waals surface area (Å²) in [5.74, 6) is 1.33. The maximum atomic E-state index is 6.36. The van der Waals surface area contributed by atoms with Crippen LogP contribution in [0.5, 0.6) is 0 Å². The molecule has 1 aliphatic heterocycles. The molecule has 1 saturated heterocycles. The number of aromatic nitrogens is 2. The van der Waals surface area contributed by atoms with Crippen molar-refractivity contribution in [3.63, 3.8) is 0 Å². The predicted octanol–water partition coefficient (Wildman–Crippen LogP) is 4.39. The quantitative estimate of drug-likeness (QED) is 0.840. The van der Waals surface area contributed by atoms with Crippen LogP contribution in [0, 0.1) is 20.8 Å². The fraction of sp³-hybridized carbons (Fsp3) is 0.444. The first-order valence-corrected chi connectivity index (χ1v) is 8.64. The molecular formula is C18H23ClN4O. The van der Waals surface area contributed by atoms with Crippen LogP contribution in [0.1, 0.15) is 29.7 Å². The molecule has 0 amide bonds. The van der Waals surface area contributed by atoms with Gasteiger partial charge in [0, 0.05) is 24.9 Å². The lowest BCUT2D eigenvalue weighted by atomic mass is 10.1. The number of rotatable bonds is 5. The number of nitrogens with zero attached hydrogens (tertiary/aromatic N) is 2. The summed E-state index contributed by atoms with van der Waals surface area (Å²) in [6.45, 7) is 7.62. The van der Waals surface area contributed by atoms with Crippen molar-refractivity contribution in [3.05, 3.63) is 40.0 Å². The van der Waals surface area contributed by atoms with Gasteiger partial charge in [-0.15, -0.1) is 0 Å². The third-order valence-electron chi connectivity index (χ3n) is 4.06. The van der Waals surface area contributed by atoms with Gasteiger partial charge in [0.25, 0.3) is 0 Å². The molecule has 2 aromatic rings. The van der Waals surface area contributed by atoms with Crippen molar-refractivity contribution in [1.82, 2.24) is 9.97 Å². The molecule has 1 fully saturated rings. The Balaban J connectivity index is 1.76. The third kappa shape index (κ3) is 4.16. The van der Waals surface area contributed by atoms with Gasteiger partial charge in [-0.2, -0.15) is 4.98 Å². The van der Waals surface area contributed by atoms with Gasteiger partial charge in [0.1, 0.15) is 5.82 Å². The average Bonchev–Trinajstić information content (AvgIpc) is 3.02. The van der Waals surface area contributed by atoms with Crippen molar-refractivity contribution in [2.24, 2.45) is 0 Å². The lowest BCUT2D eigenvalue weighted by Crippen LogP contribution is -2.19. The lowest BCUT2D eigenvalue weighted by Gasteiger charge is -2.14. The molecule has 1 atom stereocenters. The van der Waals surface area contributed by atoms with Crippen molar-refractivity contribution in [1.29, 1.82) is 0 Å². The zero-order valence-electron chi connectivity index (χ0n) is 14.3. The summed E-state index contributed by atoms with van der Waals surface area (Å²) in [6.07, 6.45) is 2.50. The Bertz CT molecular complexity index is 706. The minimum atomic E-state index is 0.269. The van der Waals surface area contributed by atoms with Gasteiger partial charge < -0.3 is 15.4 Å². The number of hydrogen-bond donors (Lipinski definition) is 2. The van der Waals surface area contributed by atoms with E-state index in [1.165, 1.54) is 0 Å². The van der Waals surface area contributed by atoms with E-state index in [4.69, 9.17) is 16.3 Å².